The Balaban J connectivity index is 2.30. The molecule has 0 saturated carbocycles. The van der Waals surface area contributed by atoms with Gasteiger partial charge in [0.05, 0.1) is 0 Å². The number of rotatable bonds is 3. The molecule has 0 aliphatic carbocycles. The van der Waals surface area contributed by atoms with Gasteiger partial charge in [-0.25, -0.2) is 14.4 Å². The van der Waals surface area contributed by atoms with Crippen LogP contribution in [-0.4, -0.2) is 9.97 Å². The van der Waals surface area contributed by atoms with Gasteiger partial charge in [0.25, 0.3) is 0 Å². The Kier molecular flexibility index (Phi) is 3.99. The molecule has 1 aromatic carbocycles. The van der Waals surface area contributed by atoms with Crippen molar-refractivity contribution in [1.29, 1.82) is 0 Å². The number of hydrogen-bond acceptors (Lipinski definition) is 3. The van der Waals surface area contributed by atoms with Gasteiger partial charge in [0.15, 0.2) is 0 Å². The number of aromatic nitrogens is 2. The highest BCUT2D eigenvalue weighted by Gasteiger charge is 2.04. The molecule has 6 heteroatoms. The molecule has 1 N–H and O–H groups in total. The van der Waals surface area contributed by atoms with Gasteiger partial charge >= 0.3 is 0 Å². The van der Waals surface area contributed by atoms with Crippen LogP contribution < -0.4 is 5.32 Å². The molecule has 0 saturated heterocycles. The van der Waals surface area contributed by atoms with Crippen LogP contribution in [0.5, 0.6) is 0 Å². The molecule has 0 amide bonds. The third kappa shape index (κ3) is 3.31. The topological polar surface area (TPSA) is 37.8 Å². The molecule has 0 spiro atoms. The second kappa shape index (κ2) is 5.50. The SMILES string of the molecule is CCc1nc(Cl)cc(Nc2cc(F)cc(Cl)c2)n1. The van der Waals surface area contributed by atoms with Crippen LogP contribution >= 0.6 is 23.2 Å². The Morgan fingerprint density at radius 2 is 1.94 bits per heavy atom. The highest BCUT2D eigenvalue weighted by atomic mass is 35.5. The zero-order chi connectivity index (χ0) is 13.1. The first-order chi connectivity index (χ1) is 8.56. The van der Waals surface area contributed by atoms with Crippen molar-refractivity contribution in [3.8, 4) is 0 Å². The first-order valence-electron chi connectivity index (χ1n) is 5.33. The number of aryl methyl sites for hydroxylation is 1. The third-order valence-electron chi connectivity index (χ3n) is 2.19. The number of nitrogens with zero attached hydrogens (tertiary/aromatic N) is 2. The van der Waals surface area contributed by atoms with E-state index in [2.05, 4.69) is 15.3 Å². The van der Waals surface area contributed by atoms with Crippen LogP contribution in [0.2, 0.25) is 10.2 Å². The molecule has 1 heterocycles. The maximum absolute atomic E-state index is 13.2. The maximum atomic E-state index is 13.2. The molecule has 1 aromatic heterocycles. The Morgan fingerprint density at radius 1 is 1.17 bits per heavy atom. The number of anilines is 2. The quantitative estimate of drug-likeness (QED) is 0.858. The molecular formula is C12H10Cl2FN3. The summed E-state index contributed by atoms with van der Waals surface area (Å²) >= 11 is 11.6. The average Bonchev–Trinajstić information content (AvgIpc) is 2.26. The summed E-state index contributed by atoms with van der Waals surface area (Å²) in [6.45, 7) is 1.93. The molecule has 0 atom stereocenters. The third-order valence-corrected chi connectivity index (χ3v) is 2.60. The molecule has 94 valence electrons. The van der Waals surface area contributed by atoms with Crippen molar-refractivity contribution in [2.75, 3.05) is 5.32 Å². The zero-order valence-electron chi connectivity index (χ0n) is 9.54. The van der Waals surface area contributed by atoms with E-state index in [0.29, 0.717) is 33.9 Å². The average molecular weight is 286 g/mol. The van der Waals surface area contributed by atoms with E-state index in [0.717, 1.165) is 0 Å². The van der Waals surface area contributed by atoms with Crippen LogP contribution in [0.1, 0.15) is 12.7 Å². The Bertz CT molecular complexity index is 555. The van der Waals surface area contributed by atoms with E-state index in [1.165, 1.54) is 12.1 Å². The van der Waals surface area contributed by atoms with Crippen molar-refractivity contribution < 1.29 is 4.39 Å². The summed E-state index contributed by atoms with van der Waals surface area (Å²) in [7, 11) is 0. The number of benzene rings is 1. The van der Waals surface area contributed by atoms with E-state index in [9.17, 15) is 4.39 Å². The number of nitrogens with one attached hydrogen (secondary N) is 1. The van der Waals surface area contributed by atoms with Crippen molar-refractivity contribution in [1.82, 2.24) is 9.97 Å². The molecule has 2 rings (SSSR count). The zero-order valence-corrected chi connectivity index (χ0v) is 11.1. The summed E-state index contributed by atoms with van der Waals surface area (Å²) in [6.07, 6.45) is 0.666. The van der Waals surface area contributed by atoms with Crippen LogP contribution in [0.3, 0.4) is 0 Å². The summed E-state index contributed by atoms with van der Waals surface area (Å²) in [5.74, 6) is 0.710. The fourth-order valence-corrected chi connectivity index (χ4v) is 1.88. The number of halogens is 3. The summed E-state index contributed by atoms with van der Waals surface area (Å²) in [6, 6.07) is 5.73. The van der Waals surface area contributed by atoms with Crippen molar-refractivity contribution in [3.63, 3.8) is 0 Å². The highest BCUT2D eigenvalue weighted by Crippen LogP contribution is 2.22. The molecule has 0 aliphatic heterocycles. The molecule has 18 heavy (non-hydrogen) atoms. The molecule has 0 aliphatic rings. The van der Waals surface area contributed by atoms with E-state index in [4.69, 9.17) is 23.2 Å². The lowest BCUT2D eigenvalue weighted by Gasteiger charge is -2.07. The van der Waals surface area contributed by atoms with Gasteiger partial charge in [0.1, 0.15) is 22.6 Å². The molecule has 0 radical (unpaired) electrons. The minimum absolute atomic E-state index is 0.313. The largest absolute Gasteiger partial charge is 0.340 e. The Morgan fingerprint density at radius 3 is 2.61 bits per heavy atom. The van der Waals surface area contributed by atoms with Gasteiger partial charge in [-0.3, -0.25) is 0 Å². The number of hydrogen-bond donors (Lipinski definition) is 1. The minimum Gasteiger partial charge on any atom is -0.340 e. The van der Waals surface area contributed by atoms with Crippen molar-refractivity contribution >= 4 is 34.7 Å². The predicted octanol–water partition coefficient (Wildman–Crippen LogP) is 4.23. The van der Waals surface area contributed by atoms with Gasteiger partial charge in [-0.1, -0.05) is 30.1 Å². The van der Waals surface area contributed by atoms with Gasteiger partial charge in [0, 0.05) is 23.2 Å². The van der Waals surface area contributed by atoms with Gasteiger partial charge in [-0.05, 0) is 18.2 Å². The van der Waals surface area contributed by atoms with Gasteiger partial charge in [-0.15, -0.1) is 0 Å². The second-order valence-corrected chi connectivity index (χ2v) is 4.45. The molecule has 0 fully saturated rings. The lowest BCUT2D eigenvalue weighted by Crippen LogP contribution is -1.99. The van der Waals surface area contributed by atoms with Gasteiger partial charge in [-0.2, -0.15) is 0 Å². The Hall–Kier alpha value is -1.39. The summed E-state index contributed by atoms with van der Waals surface area (Å²) in [5.41, 5.74) is 0.511. The molecule has 3 nitrogen and oxygen atoms in total. The van der Waals surface area contributed by atoms with Crippen LogP contribution in [0, 0.1) is 5.82 Å². The van der Waals surface area contributed by atoms with Crippen molar-refractivity contribution in [2.45, 2.75) is 13.3 Å². The summed E-state index contributed by atoms with van der Waals surface area (Å²) in [5, 5.41) is 3.59. The minimum atomic E-state index is -0.416. The van der Waals surface area contributed by atoms with Crippen LogP contribution in [0.4, 0.5) is 15.9 Å². The van der Waals surface area contributed by atoms with Crippen molar-refractivity contribution in [3.05, 3.63) is 46.1 Å². The fourth-order valence-electron chi connectivity index (χ4n) is 1.46. The van der Waals surface area contributed by atoms with Gasteiger partial charge < -0.3 is 5.32 Å². The lowest BCUT2D eigenvalue weighted by molar-refractivity contribution is 0.628. The van der Waals surface area contributed by atoms with Crippen LogP contribution in [0.15, 0.2) is 24.3 Å². The van der Waals surface area contributed by atoms with E-state index < -0.39 is 5.82 Å². The molecule has 2 aromatic rings. The first kappa shape index (κ1) is 13.1. The molecule has 0 unspecified atom stereocenters. The summed E-state index contributed by atoms with van der Waals surface area (Å²) < 4.78 is 13.2. The standard InChI is InChI=1S/C12H10Cl2FN3/c1-2-11-17-10(14)6-12(18-11)16-9-4-7(13)3-8(15)5-9/h3-6H,2H2,1H3,(H,16,17,18). The van der Waals surface area contributed by atoms with E-state index in [-0.39, 0.29) is 0 Å². The molecule has 0 bridgehead atoms. The molecular weight excluding hydrogens is 276 g/mol. The summed E-state index contributed by atoms with van der Waals surface area (Å²) in [4.78, 5) is 8.28. The lowest BCUT2D eigenvalue weighted by atomic mass is 10.3. The van der Waals surface area contributed by atoms with Crippen molar-refractivity contribution in [2.24, 2.45) is 0 Å². The smallest absolute Gasteiger partial charge is 0.135 e. The predicted molar refractivity (Wildman–Crippen MR) is 71.1 cm³/mol. The van der Waals surface area contributed by atoms with E-state index in [1.807, 2.05) is 6.92 Å². The fraction of sp³-hybridized carbons (Fsp3) is 0.167. The van der Waals surface area contributed by atoms with Crippen LogP contribution in [0.25, 0.3) is 0 Å². The normalized spacial score (nSPS) is 10.4. The maximum Gasteiger partial charge on any atom is 0.135 e. The van der Waals surface area contributed by atoms with E-state index in [1.54, 1.807) is 12.1 Å². The monoisotopic (exact) mass is 285 g/mol. The van der Waals surface area contributed by atoms with E-state index >= 15 is 0 Å². The van der Waals surface area contributed by atoms with Gasteiger partial charge in [0.2, 0.25) is 0 Å². The Labute approximate surface area is 114 Å². The first-order valence-corrected chi connectivity index (χ1v) is 6.09. The van der Waals surface area contributed by atoms with Crippen LogP contribution in [-0.2, 0) is 6.42 Å². The highest BCUT2D eigenvalue weighted by molar-refractivity contribution is 6.31. The second-order valence-electron chi connectivity index (χ2n) is 3.63.